The van der Waals surface area contributed by atoms with Gasteiger partial charge in [-0.3, -0.25) is 0 Å². The summed E-state index contributed by atoms with van der Waals surface area (Å²) in [6.45, 7) is 12.6. The molecule has 4 nitrogen and oxygen atoms in total. The Morgan fingerprint density at radius 3 is 1.39 bits per heavy atom. The molecule has 0 unspecified atom stereocenters. The molecular formula is C48H44Cl4N2O2. The molecule has 3 aliphatic rings. The predicted octanol–water partition coefficient (Wildman–Crippen LogP) is 13.4. The molecule has 2 fully saturated rings. The van der Waals surface area contributed by atoms with Crippen LogP contribution in [0.4, 0.5) is 11.4 Å². The predicted molar refractivity (Wildman–Crippen MR) is 235 cm³/mol. The fourth-order valence-electron chi connectivity index (χ4n) is 8.46. The second-order valence-corrected chi connectivity index (χ2v) is 16.9. The Labute approximate surface area is 350 Å². The average Bonchev–Trinajstić information content (AvgIpc) is 3.98. The van der Waals surface area contributed by atoms with Crippen molar-refractivity contribution in [3.8, 4) is 0 Å². The molecule has 0 amide bonds. The van der Waals surface area contributed by atoms with Gasteiger partial charge in [0.05, 0.1) is 25.7 Å². The molecule has 0 aliphatic carbocycles. The lowest BCUT2D eigenvalue weighted by Gasteiger charge is -2.28. The maximum absolute atomic E-state index is 14.3. The van der Waals surface area contributed by atoms with Gasteiger partial charge in [-0.1, -0.05) is 118 Å². The number of halogens is 4. The van der Waals surface area contributed by atoms with E-state index in [1.54, 1.807) is 0 Å². The van der Waals surface area contributed by atoms with Crippen LogP contribution in [0.3, 0.4) is 0 Å². The Hall–Kier alpha value is -4.19. The van der Waals surface area contributed by atoms with Crippen LogP contribution in [0.15, 0.2) is 97.1 Å². The third-order valence-corrected chi connectivity index (χ3v) is 13.3. The summed E-state index contributed by atoms with van der Waals surface area (Å²) in [6, 6.07) is 30.0. The van der Waals surface area contributed by atoms with Crippen molar-refractivity contribution >= 4 is 74.9 Å². The highest BCUT2D eigenvalue weighted by Crippen LogP contribution is 2.54. The van der Waals surface area contributed by atoms with Crippen molar-refractivity contribution in [2.45, 2.75) is 59.0 Å². The van der Waals surface area contributed by atoms with Crippen LogP contribution in [-0.4, -0.2) is 32.1 Å². The van der Waals surface area contributed by atoms with E-state index in [1.807, 2.05) is 12.2 Å². The second kappa shape index (κ2) is 15.6. The van der Waals surface area contributed by atoms with Crippen LogP contribution in [0.1, 0.15) is 86.1 Å². The molecule has 0 saturated carbocycles. The van der Waals surface area contributed by atoms with Gasteiger partial charge in [0.1, 0.15) is 0 Å². The molecule has 8 heteroatoms. The van der Waals surface area contributed by atoms with E-state index in [4.69, 9.17) is 51.1 Å². The number of anilines is 2. The highest BCUT2D eigenvalue weighted by Gasteiger charge is 2.48. The zero-order valence-electron chi connectivity index (χ0n) is 32.1. The van der Waals surface area contributed by atoms with Gasteiger partial charge in [0.2, 0.25) is 0 Å². The maximum atomic E-state index is 14.3. The van der Waals surface area contributed by atoms with Gasteiger partial charge in [0.15, 0.2) is 5.60 Å². The highest BCUT2D eigenvalue weighted by molar-refractivity contribution is 6.53. The van der Waals surface area contributed by atoms with E-state index in [0.29, 0.717) is 5.56 Å². The van der Waals surface area contributed by atoms with E-state index < -0.39 is 11.6 Å². The van der Waals surface area contributed by atoms with Gasteiger partial charge >= 0.3 is 5.97 Å². The lowest BCUT2D eigenvalue weighted by atomic mass is 9.81. The molecule has 3 aliphatic heterocycles. The van der Waals surface area contributed by atoms with E-state index >= 15 is 0 Å². The van der Waals surface area contributed by atoms with Crippen LogP contribution in [0.2, 0.25) is 20.1 Å². The lowest BCUT2D eigenvalue weighted by molar-refractivity contribution is 0.0300. The van der Waals surface area contributed by atoms with Crippen molar-refractivity contribution in [2.24, 2.45) is 0 Å². The Bertz CT molecular complexity index is 2280. The number of hydrogen-bond donors (Lipinski definition) is 0. The zero-order valence-corrected chi connectivity index (χ0v) is 35.1. The summed E-state index contributed by atoms with van der Waals surface area (Å²) < 4.78 is 6.68. The topological polar surface area (TPSA) is 32.8 Å². The molecule has 0 atom stereocenters. The molecular weight excluding hydrogens is 778 g/mol. The van der Waals surface area contributed by atoms with E-state index in [-0.39, 0.29) is 25.7 Å². The second-order valence-electron chi connectivity index (χ2n) is 15.4. The van der Waals surface area contributed by atoms with Crippen molar-refractivity contribution in [2.75, 3.05) is 36.0 Å². The number of ether oxygens (including phenoxy) is 1. The monoisotopic (exact) mass is 820 g/mol. The Morgan fingerprint density at radius 2 is 0.982 bits per heavy atom. The fourth-order valence-corrected chi connectivity index (χ4v) is 9.54. The number of carbonyl (C=O) groups is 1. The number of esters is 1. The Morgan fingerprint density at radius 1 is 0.571 bits per heavy atom. The zero-order chi connectivity index (χ0) is 39.3. The molecule has 0 spiro atoms. The number of aryl methyl sites for hydroxylation is 4. The molecule has 0 aromatic heterocycles. The normalized spacial score (nSPS) is 16.8. The summed E-state index contributed by atoms with van der Waals surface area (Å²) in [5, 5.41) is 0.198. The van der Waals surface area contributed by atoms with Crippen molar-refractivity contribution in [3.05, 3.63) is 173 Å². The smallest absolute Gasteiger partial charge is 0.341 e. The fraction of sp³-hybridized carbons (Fsp3) is 0.271. The molecule has 0 radical (unpaired) electrons. The van der Waals surface area contributed by atoms with E-state index in [0.717, 1.165) is 81.8 Å². The van der Waals surface area contributed by atoms with Crippen LogP contribution in [-0.2, 0) is 10.3 Å². The quantitative estimate of drug-likeness (QED) is 0.0887. The minimum atomic E-state index is -1.57. The van der Waals surface area contributed by atoms with Crippen LogP contribution in [0.5, 0.6) is 0 Å². The van der Waals surface area contributed by atoms with E-state index in [1.165, 1.54) is 37.1 Å². The first-order valence-electron chi connectivity index (χ1n) is 19.4. The van der Waals surface area contributed by atoms with E-state index in [2.05, 4.69) is 122 Å². The number of hydrogen-bond acceptors (Lipinski definition) is 4. The van der Waals surface area contributed by atoms with Gasteiger partial charge in [-0.25, -0.2) is 4.79 Å². The molecule has 0 N–H and O–H groups in total. The third-order valence-electron chi connectivity index (χ3n) is 11.5. The molecule has 0 bridgehead atoms. The SMILES string of the molecule is Cc1ccc(/C(=C\C2(/C=C(\c3ccc(C)cc3)c3ccc(N4CCCC4)cc3C)OC(=O)c3c(Cl)c(Cl)c(Cl)c(Cl)c32)c2ccc(N3CCCC3)cc2C)cc1. The Balaban J connectivity index is 1.44. The first kappa shape index (κ1) is 38.7. The summed E-state index contributed by atoms with van der Waals surface area (Å²) in [7, 11) is 0. The van der Waals surface area contributed by atoms with Gasteiger partial charge in [-0.05, 0) is 134 Å². The first-order valence-corrected chi connectivity index (χ1v) is 20.9. The molecule has 8 rings (SSSR count). The minimum absolute atomic E-state index is 0.0100. The van der Waals surface area contributed by atoms with Crippen LogP contribution in [0.25, 0.3) is 11.1 Å². The average molecular weight is 823 g/mol. The van der Waals surface area contributed by atoms with Gasteiger partial charge in [-0.15, -0.1) is 0 Å². The van der Waals surface area contributed by atoms with Gasteiger partial charge in [0.25, 0.3) is 0 Å². The molecule has 286 valence electrons. The van der Waals surface area contributed by atoms with Crippen LogP contribution >= 0.6 is 46.4 Å². The lowest BCUT2D eigenvalue weighted by Crippen LogP contribution is -2.23. The summed E-state index contributed by atoms with van der Waals surface area (Å²) in [6.07, 6.45) is 8.80. The summed E-state index contributed by atoms with van der Waals surface area (Å²) in [5.41, 5.74) is 11.4. The van der Waals surface area contributed by atoms with Crippen LogP contribution < -0.4 is 9.80 Å². The van der Waals surface area contributed by atoms with Gasteiger partial charge in [0, 0.05) is 43.1 Å². The summed E-state index contributed by atoms with van der Waals surface area (Å²) in [4.78, 5) is 19.2. The molecule has 56 heavy (non-hydrogen) atoms. The number of nitrogens with zero attached hydrogens (tertiary/aromatic N) is 2. The molecule has 5 aromatic carbocycles. The van der Waals surface area contributed by atoms with Crippen molar-refractivity contribution in [1.29, 1.82) is 0 Å². The van der Waals surface area contributed by atoms with Crippen molar-refractivity contribution in [3.63, 3.8) is 0 Å². The standard InChI is InChI=1S/C48H44Cl4N2O2/c1-29-9-13-33(14-10-29)39(37-19-17-35(25-31(37)3)53-21-5-6-22-53)27-48(42-41(47(55)56-48)43(49)45(51)46(52)44(42)50)28-40(34-15-11-30(2)12-16-34)38-20-18-36(26-32(38)4)54-23-7-8-24-54/h9-20,25-28H,5-8,21-24H2,1-4H3/b39-27+,40-28+. The molecule has 2 saturated heterocycles. The minimum Gasteiger partial charge on any atom is -0.442 e. The maximum Gasteiger partial charge on any atom is 0.341 e. The molecule has 3 heterocycles. The third kappa shape index (κ3) is 7.15. The highest BCUT2D eigenvalue weighted by atomic mass is 35.5. The number of benzene rings is 5. The number of cyclic esters (lactones) is 1. The first-order chi connectivity index (χ1) is 26.9. The van der Waals surface area contributed by atoms with Crippen molar-refractivity contribution < 1.29 is 9.53 Å². The van der Waals surface area contributed by atoms with E-state index in [9.17, 15) is 4.79 Å². The summed E-state index contributed by atoms with van der Waals surface area (Å²) in [5.74, 6) is -0.633. The number of carbonyl (C=O) groups excluding carboxylic acids is 1. The molecule has 5 aromatic rings. The Kier molecular flexibility index (Phi) is 10.8. The van der Waals surface area contributed by atoms with Gasteiger partial charge < -0.3 is 14.5 Å². The van der Waals surface area contributed by atoms with Crippen molar-refractivity contribution in [1.82, 2.24) is 0 Å². The number of fused-ring (bicyclic) bond motifs is 1. The number of rotatable bonds is 8. The van der Waals surface area contributed by atoms with Gasteiger partial charge in [-0.2, -0.15) is 0 Å². The summed E-state index contributed by atoms with van der Waals surface area (Å²) >= 11 is 27.6. The largest absolute Gasteiger partial charge is 0.442 e. The van der Waals surface area contributed by atoms with Crippen LogP contribution in [0, 0.1) is 27.7 Å².